The van der Waals surface area contributed by atoms with Gasteiger partial charge in [-0.3, -0.25) is 0 Å². The Hall–Kier alpha value is -1.49. The molecule has 2 rings (SSSR count). The van der Waals surface area contributed by atoms with Crippen LogP contribution in [0.4, 0.5) is 13.2 Å². The van der Waals surface area contributed by atoms with Crippen LogP contribution in [-0.4, -0.2) is 18.6 Å². The van der Waals surface area contributed by atoms with Crippen molar-refractivity contribution in [2.45, 2.75) is 19.5 Å². The van der Waals surface area contributed by atoms with Gasteiger partial charge in [-0.05, 0) is 44.1 Å². The number of rotatable bonds is 3. The first-order valence-electron chi connectivity index (χ1n) is 5.76. The van der Waals surface area contributed by atoms with Gasteiger partial charge in [0.1, 0.15) is 5.69 Å². The zero-order chi connectivity index (χ0) is 13.3. The van der Waals surface area contributed by atoms with E-state index < -0.39 is 11.9 Å². The van der Waals surface area contributed by atoms with Crippen LogP contribution in [-0.2, 0) is 12.6 Å². The van der Waals surface area contributed by atoms with Crippen molar-refractivity contribution in [2.24, 2.45) is 0 Å². The van der Waals surface area contributed by atoms with Crippen LogP contribution >= 0.6 is 0 Å². The summed E-state index contributed by atoms with van der Waals surface area (Å²) in [7, 11) is 1.73. The van der Waals surface area contributed by atoms with Gasteiger partial charge in [0.2, 0.25) is 0 Å². The predicted octanol–water partition coefficient (Wildman–Crippen LogP) is 3.26. The molecule has 2 N–H and O–H groups in total. The number of nitrogens with one attached hydrogen (secondary N) is 2. The molecule has 0 saturated heterocycles. The fraction of sp³-hybridized carbons (Fsp3) is 0.385. The number of likely N-dealkylation sites (N-methyl/N-ethyl adjacent to an activating group) is 1. The van der Waals surface area contributed by atoms with E-state index in [2.05, 4.69) is 10.3 Å². The Morgan fingerprint density at radius 1 is 1.28 bits per heavy atom. The van der Waals surface area contributed by atoms with Gasteiger partial charge in [-0.1, -0.05) is 12.1 Å². The fourth-order valence-corrected chi connectivity index (χ4v) is 2.12. The van der Waals surface area contributed by atoms with Gasteiger partial charge in [0.25, 0.3) is 0 Å². The zero-order valence-corrected chi connectivity index (χ0v) is 10.3. The van der Waals surface area contributed by atoms with Gasteiger partial charge in [0, 0.05) is 10.9 Å². The van der Waals surface area contributed by atoms with Crippen molar-refractivity contribution in [2.75, 3.05) is 13.6 Å². The molecule has 0 saturated carbocycles. The fourth-order valence-electron chi connectivity index (χ4n) is 2.12. The van der Waals surface area contributed by atoms with Crippen LogP contribution in [0.1, 0.15) is 16.8 Å². The normalized spacial score (nSPS) is 12.3. The minimum Gasteiger partial charge on any atom is -0.351 e. The molecule has 1 heterocycles. The molecule has 1 aromatic heterocycles. The van der Waals surface area contributed by atoms with Gasteiger partial charge < -0.3 is 10.3 Å². The predicted molar refractivity (Wildman–Crippen MR) is 65.7 cm³/mol. The van der Waals surface area contributed by atoms with Crippen molar-refractivity contribution in [1.29, 1.82) is 0 Å². The van der Waals surface area contributed by atoms with Crippen molar-refractivity contribution < 1.29 is 13.2 Å². The number of alkyl halides is 3. The van der Waals surface area contributed by atoms with Crippen molar-refractivity contribution in [1.82, 2.24) is 10.3 Å². The molecule has 5 heteroatoms. The molecule has 1 aromatic carbocycles. The van der Waals surface area contributed by atoms with Crippen molar-refractivity contribution in [3.8, 4) is 0 Å². The number of H-pyrrole nitrogens is 1. The topological polar surface area (TPSA) is 27.8 Å². The van der Waals surface area contributed by atoms with E-state index in [1.54, 1.807) is 19.2 Å². The highest BCUT2D eigenvalue weighted by Gasteiger charge is 2.36. The Morgan fingerprint density at radius 2 is 2.00 bits per heavy atom. The highest BCUT2D eigenvalue weighted by molar-refractivity contribution is 5.85. The third kappa shape index (κ3) is 2.36. The summed E-state index contributed by atoms with van der Waals surface area (Å²) in [6.45, 7) is 2.38. The summed E-state index contributed by atoms with van der Waals surface area (Å²) in [5, 5.41) is 3.54. The summed E-state index contributed by atoms with van der Waals surface area (Å²) in [5.41, 5.74) is 1.20. The van der Waals surface area contributed by atoms with Gasteiger partial charge >= 0.3 is 6.18 Å². The number of fused-ring (bicyclic) bond motifs is 1. The maximum Gasteiger partial charge on any atom is 0.431 e. The van der Waals surface area contributed by atoms with Crippen LogP contribution in [0.3, 0.4) is 0 Å². The summed E-state index contributed by atoms with van der Waals surface area (Å²) >= 11 is 0. The smallest absolute Gasteiger partial charge is 0.351 e. The molecule has 18 heavy (non-hydrogen) atoms. The van der Waals surface area contributed by atoms with E-state index >= 15 is 0 Å². The molecule has 0 spiro atoms. The molecule has 0 atom stereocenters. The summed E-state index contributed by atoms with van der Waals surface area (Å²) < 4.78 is 38.9. The number of aryl methyl sites for hydroxylation is 1. The lowest BCUT2D eigenvalue weighted by Gasteiger charge is -2.08. The van der Waals surface area contributed by atoms with Crippen molar-refractivity contribution in [3.63, 3.8) is 0 Å². The first-order chi connectivity index (χ1) is 8.43. The quantitative estimate of drug-likeness (QED) is 0.866. The highest BCUT2D eigenvalue weighted by atomic mass is 19.4. The van der Waals surface area contributed by atoms with E-state index in [1.165, 1.54) is 0 Å². The Kier molecular flexibility index (Phi) is 3.34. The Bertz CT molecular complexity index is 555. The molecule has 98 valence electrons. The molecule has 0 aliphatic heterocycles. The van der Waals surface area contributed by atoms with Crippen LogP contribution in [0.2, 0.25) is 0 Å². The van der Waals surface area contributed by atoms with Crippen LogP contribution < -0.4 is 5.32 Å². The van der Waals surface area contributed by atoms with Crippen LogP contribution in [0.5, 0.6) is 0 Å². The van der Waals surface area contributed by atoms with Gasteiger partial charge in [-0.15, -0.1) is 0 Å². The molecule has 2 nitrogen and oxygen atoms in total. The molecule has 0 bridgehead atoms. The molecule has 0 aliphatic rings. The lowest BCUT2D eigenvalue weighted by Crippen LogP contribution is -2.14. The zero-order valence-electron chi connectivity index (χ0n) is 10.3. The van der Waals surface area contributed by atoms with Gasteiger partial charge in [-0.2, -0.15) is 13.2 Å². The number of halogens is 3. The van der Waals surface area contributed by atoms with E-state index in [0.29, 0.717) is 29.4 Å². The molecule has 0 fully saturated rings. The molecular formula is C13H15F3N2. The van der Waals surface area contributed by atoms with Gasteiger partial charge in [0.05, 0.1) is 0 Å². The van der Waals surface area contributed by atoms with Crippen molar-refractivity contribution in [3.05, 3.63) is 35.0 Å². The van der Waals surface area contributed by atoms with E-state index in [0.717, 1.165) is 5.56 Å². The first-order valence-corrected chi connectivity index (χ1v) is 5.76. The van der Waals surface area contributed by atoms with Crippen LogP contribution in [0.15, 0.2) is 18.2 Å². The summed E-state index contributed by atoms with van der Waals surface area (Å²) in [4.78, 5) is 2.50. The monoisotopic (exact) mass is 256 g/mol. The maximum absolute atomic E-state index is 13.0. The average molecular weight is 256 g/mol. The molecule has 0 unspecified atom stereocenters. The Labute approximate surface area is 103 Å². The van der Waals surface area contributed by atoms with E-state index in [-0.39, 0.29) is 0 Å². The molecule has 0 aliphatic carbocycles. The minimum absolute atomic E-state index is 0.340. The Morgan fingerprint density at radius 3 is 2.61 bits per heavy atom. The average Bonchev–Trinajstić information content (AvgIpc) is 2.63. The third-order valence-corrected chi connectivity index (χ3v) is 2.97. The van der Waals surface area contributed by atoms with E-state index in [1.807, 2.05) is 13.0 Å². The molecule has 0 amide bonds. The first kappa shape index (κ1) is 13.0. The summed E-state index contributed by atoms with van der Waals surface area (Å²) in [5.74, 6) is 0. The second kappa shape index (κ2) is 4.65. The van der Waals surface area contributed by atoms with Gasteiger partial charge in [0.15, 0.2) is 0 Å². The van der Waals surface area contributed by atoms with Crippen LogP contribution in [0, 0.1) is 6.92 Å². The number of aromatic amines is 1. The Balaban J connectivity index is 2.60. The second-order valence-electron chi connectivity index (χ2n) is 4.38. The number of aromatic nitrogens is 1. The highest BCUT2D eigenvalue weighted by Crippen LogP contribution is 2.35. The van der Waals surface area contributed by atoms with Gasteiger partial charge in [-0.25, -0.2) is 0 Å². The lowest BCUT2D eigenvalue weighted by atomic mass is 10.1. The molecule has 2 aromatic rings. The molecular weight excluding hydrogens is 241 g/mol. The summed E-state index contributed by atoms with van der Waals surface area (Å²) in [6.07, 6.45) is -3.98. The SMILES string of the molecule is CNCCc1c(C(F)(F)F)[nH]c2cc(C)ccc12. The lowest BCUT2D eigenvalue weighted by molar-refractivity contribution is -0.141. The summed E-state index contributed by atoms with van der Waals surface area (Å²) in [6, 6.07) is 5.33. The van der Waals surface area contributed by atoms with E-state index in [9.17, 15) is 13.2 Å². The number of hydrogen-bond donors (Lipinski definition) is 2. The number of hydrogen-bond acceptors (Lipinski definition) is 1. The number of benzene rings is 1. The minimum atomic E-state index is -4.34. The van der Waals surface area contributed by atoms with Crippen molar-refractivity contribution >= 4 is 10.9 Å². The van der Waals surface area contributed by atoms with Crippen LogP contribution in [0.25, 0.3) is 10.9 Å². The van der Waals surface area contributed by atoms with E-state index in [4.69, 9.17) is 0 Å². The second-order valence-corrected chi connectivity index (χ2v) is 4.38. The third-order valence-electron chi connectivity index (χ3n) is 2.97. The maximum atomic E-state index is 13.0. The standard InChI is InChI=1S/C13H15F3N2/c1-8-3-4-9-10(5-6-17-2)12(13(14,15)16)18-11(9)7-8/h3-4,7,17-18H,5-6H2,1-2H3. The largest absolute Gasteiger partial charge is 0.431 e. The molecule has 0 radical (unpaired) electrons.